The van der Waals surface area contributed by atoms with Crippen LogP contribution in [-0.2, 0) is 16.1 Å². The minimum Gasteiger partial charge on any atom is -0.448 e. The molecule has 3 heterocycles. The predicted octanol–water partition coefficient (Wildman–Crippen LogP) is 1.22. The van der Waals surface area contributed by atoms with Crippen LogP contribution >= 0.6 is 0 Å². The summed E-state index contributed by atoms with van der Waals surface area (Å²) in [6.07, 6.45) is 1.62. The second kappa shape index (κ2) is 9.07. The largest absolute Gasteiger partial charge is 0.448 e. The van der Waals surface area contributed by atoms with Crippen LogP contribution in [0.25, 0.3) is 22.1 Å². The first-order valence-corrected chi connectivity index (χ1v) is 9.99. The quantitative estimate of drug-likeness (QED) is 0.578. The topological polar surface area (TPSA) is 105 Å². The van der Waals surface area contributed by atoms with Crippen molar-refractivity contribution in [3.8, 4) is 6.07 Å². The fourth-order valence-corrected chi connectivity index (χ4v) is 3.61. The minimum absolute atomic E-state index is 0.142. The highest BCUT2D eigenvalue weighted by Gasteiger charge is 2.19. The van der Waals surface area contributed by atoms with E-state index in [0.717, 1.165) is 18.5 Å². The van der Waals surface area contributed by atoms with Crippen LogP contribution < -0.4 is 5.56 Å². The number of fused-ring (bicyclic) bond motifs is 3. The maximum atomic E-state index is 12.9. The Bertz CT molecular complexity index is 1140. The number of carbonyl (C=O) groups is 1. The van der Waals surface area contributed by atoms with E-state index in [1.165, 1.54) is 10.9 Å². The van der Waals surface area contributed by atoms with Gasteiger partial charge in [-0.1, -0.05) is 12.1 Å². The molecule has 1 aromatic carbocycles. The smallest absolute Gasteiger partial charge is 0.297 e. The molecule has 30 heavy (non-hydrogen) atoms. The summed E-state index contributed by atoms with van der Waals surface area (Å²) in [7, 11) is 0. The van der Waals surface area contributed by atoms with Gasteiger partial charge in [0.2, 0.25) is 11.5 Å². The van der Waals surface area contributed by atoms with E-state index in [0.29, 0.717) is 43.9 Å². The molecule has 3 aromatic rings. The summed E-state index contributed by atoms with van der Waals surface area (Å²) in [5, 5.41) is 9.71. The lowest BCUT2D eigenvalue weighted by Crippen LogP contribution is -2.44. The first kappa shape index (κ1) is 20.1. The summed E-state index contributed by atoms with van der Waals surface area (Å²) in [5.41, 5.74) is 0.830. The van der Waals surface area contributed by atoms with Gasteiger partial charge >= 0.3 is 0 Å². The second-order valence-electron chi connectivity index (χ2n) is 7.20. The highest BCUT2D eigenvalue weighted by atomic mass is 16.5. The number of aromatic nitrogens is 2. The van der Waals surface area contributed by atoms with Crippen molar-refractivity contribution in [1.29, 1.82) is 5.26 Å². The summed E-state index contributed by atoms with van der Waals surface area (Å²) in [4.78, 5) is 34.0. The van der Waals surface area contributed by atoms with Gasteiger partial charge in [-0.05, 0) is 12.1 Å². The predicted molar refractivity (Wildman–Crippen MR) is 110 cm³/mol. The van der Waals surface area contributed by atoms with Crippen LogP contribution in [0.2, 0.25) is 0 Å². The lowest BCUT2D eigenvalue weighted by atomic mass is 10.2. The van der Waals surface area contributed by atoms with Crippen LogP contribution in [0.4, 0.5) is 0 Å². The molecule has 1 aliphatic heterocycles. The van der Waals surface area contributed by atoms with E-state index in [4.69, 9.17) is 14.4 Å². The molecule has 0 saturated carbocycles. The molecule has 156 valence electrons. The van der Waals surface area contributed by atoms with Crippen LogP contribution in [0.5, 0.6) is 0 Å². The third-order valence-corrected chi connectivity index (χ3v) is 5.29. The molecule has 0 spiro atoms. The number of morpholine rings is 1. The van der Waals surface area contributed by atoms with Gasteiger partial charge in [0.05, 0.1) is 32.0 Å². The highest BCUT2D eigenvalue weighted by Crippen LogP contribution is 2.24. The van der Waals surface area contributed by atoms with Crippen molar-refractivity contribution in [3.05, 3.63) is 40.9 Å². The third kappa shape index (κ3) is 4.20. The van der Waals surface area contributed by atoms with Crippen LogP contribution in [0.1, 0.15) is 6.42 Å². The van der Waals surface area contributed by atoms with Gasteiger partial charge in [0.1, 0.15) is 17.6 Å². The first-order chi connectivity index (χ1) is 14.7. The average molecular weight is 409 g/mol. The summed E-state index contributed by atoms with van der Waals surface area (Å²) in [6.45, 7) is 4.40. The summed E-state index contributed by atoms with van der Waals surface area (Å²) in [6, 6.07) is 9.39. The van der Waals surface area contributed by atoms with Crippen molar-refractivity contribution in [2.75, 3.05) is 45.9 Å². The lowest BCUT2D eigenvalue weighted by molar-refractivity contribution is -0.132. The van der Waals surface area contributed by atoms with Gasteiger partial charge in [0.15, 0.2) is 0 Å². The fraction of sp³-hybridized carbons (Fsp3) is 0.429. The Balaban J connectivity index is 1.51. The molecule has 0 radical (unpaired) electrons. The van der Waals surface area contributed by atoms with Crippen LogP contribution in [0.3, 0.4) is 0 Å². The van der Waals surface area contributed by atoms with E-state index < -0.39 is 5.56 Å². The molecule has 1 fully saturated rings. The number of furan rings is 1. The van der Waals surface area contributed by atoms with E-state index in [9.17, 15) is 9.59 Å². The van der Waals surface area contributed by atoms with Crippen molar-refractivity contribution in [2.45, 2.75) is 13.0 Å². The molecule has 0 bridgehead atoms. The Hall–Kier alpha value is -3.22. The molecule has 4 rings (SSSR count). The molecule has 1 amide bonds. The standard InChI is InChI=1S/C21H23N5O4/c22-6-3-7-25(9-8-24-10-12-29-13-11-24)18(27)14-26-15-23-19-16-4-1-2-5-17(16)30-20(19)21(26)28/h1-2,4-5,15H,3,7-14H2. The number of hydrogen-bond donors (Lipinski definition) is 0. The number of para-hydroxylation sites is 1. The molecule has 0 aliphatic carbocycles. The molecule has 9 nitrogen and oxygen atoms in total. The second-order valence-corrected chi connectivity index (χ2v) is 7.20. The Morgan fingerprint density at radius 3 is 2.83 bits per heavy atom. The zero-order valence-electron chi connectivity index (χ0n) is 16.6. The zero-order chi connectivity index (χ0) is 20.9. The lowest BCUT2D eigenvalue weighted by Gasteiger charge is -2.30. The summed E-state index contributed by atoms with van der Waals surface area (Å²) < 4.78 is 12.3. The molecule has 1 aliphatic rings. The molecule has 0 unspecified atom stereocenters. The monoisotopic (exact) mass is 409 g/mol. The zero-order valence-corrected chi connectivity index (χ0v) is 16.6. The summed E-state index contributed by atoms with van der Waals surface area (Å²) in [5.74, 6) is -0.224. The van der Waals surface area contributed by atoms with Crippen molar-refractivity contribution in [2.24, 2.45) is 0 Å². The molecule has 0 atom stereocenters. The summed E-state index contributed by atoms with van der Waals surface area (Å²) >= 11 is 0. The Kier molecular flexibility index (Phi) is 6.07. The van der Waals surface area contributed by atoms with Gasteiger partial charge in [0.25, 0.3) is 5.56 Å². The molecule has 2 aromatic heterocycles. The number of benzene rings is 1. The van der Waals surface area contributed by atoms with E-state index in [-0.39, 0.29) is 24.5 Å². The minimum atomic E-state index is -0.391. The van der Waals surface area contributed by atoms with Crippen molar-refractivity contribution in [3.63, 3.8) is 0 Å². The van der Waals surface area contributed by atoms with E-state index in [2.05, 4.69) is 16.0 Å². The first-order valence-electron chi connectivity index (χ1n) is 9.99. The number of amides is 1. The highest BCUT2D eigenvalue weighted by molar-refractivity contribution is 6.01. The number of carbonyl (C=O) groups excluding carboxylic acids is 1. The Labute approximate surface area is 173 Å². The maximum absolute atomic E-state index is 12.9. The van der Waals surface area contributed by atoms with Crippen LogP contribution in [0, 0.1) is 11.3 Å². The Morgan fingerprint density at radius 2 is 2.03 bits per heavy atom. The molecule has 0 N–H and O–H groups in total. The SMILES string of the molecule is N#CCCN(CCN1CCOCC1)C(=O)Cn1cnc2c(oc3ccccc32)c1=O. The van der Waals surface area contributed by atoms with Crippen molar-refractivity contribution in [1.82, 2.24) is 19.4 Å². The van der Waals surface area contributed by atoms with Gasteiger partial charge < -0.3 is 14.1 Å². The van der Waals surface area contributed by atoms with Gasteiger partial charge in [-0.3, -0.25) is 19.1 Å². The van der Waals surface area contributed by atoms with E-state index in [1.54, 1.807) is 11.0 Å². The number of nitrogens with zero attached hydrogens (tertiary/aromatic N) is 5. The van der Waals surface area contributed by atoms with E-state index in [1.807, 2.05) is 18.2 Å². The molecular formula is C21H23N5O4. The average Bonchev–Trinajstić information content (AvgIpc) is 3.16. The number of ether oxygens (including phenoxy) is 1. The third-order valence-electron chi connectivity index (χ3n) is 5.29. The maximum Gasteiger partial charge on any atom is 0.297 e. The Morgan fingerprint density at radius 1 is 1.23 bits per heavy atom. The van der Waals surface area contributed by atoms with E-state index >= 15 is 0 Å². The van der Waals surface area contributed by atoms with Gasteiger partial charge in [-0.25, -0.2) is 4.98 Å². The van der Waals surface area contributed by atoms with Crippen molar-refractivity contribution < 1.29 is 13.9 Å². The number of rotatable bonds is 7. The molecule has 9 heteroatoms. The van der Waals surface area contributed by atoms with Crippen LogP contribution in [0.15, 0.2) is 39.8 Å². The van der Waals surface area contributed by atoms with Crippen molar-refractivity contribution >= 4 is 28.0 Å². The van der Waals surface area contributed by atoms with Gasteiger partial charge in [-0.15, -0.1) is 0 Å². The van der Waals surface area contributed by atoms with Gasteiger partial charge in [0, 0.05) is 38.1 Å². The van der Waals surface area contributed by atoms with Crippen LogP contribution in [-0.4, -0.2) is 71.2 Å². The number of nitriles is 1. The molecule has 1 saturated heterocycles. The van der Waals surface area contributed by atoms with Gasteiger partial charge in [-0.2, -0.15) is 5.26 Å². The molecular weight excluding hydrogens is 386 g/mol. The normalized spacial score (nSPS) is 14.8. The fourth-order valence-electron chi connectivity index (χ4n) is 3.61. The number of hydrogen-bond acceptors (Lipinski definition) is 7.